The van der Waals surface area contributed by atoms with Gasteiger partial charge in [0.1, 0.15) is 10.5 Å². The number of thioether (sulfide) groups is 1. The smallest absolute Gasteiger partial charge is 0.134 e. The number of hydrogen-bond acceptors (Lipinski definition) is 3. The summed E-state index contributed by atoms with van der Waals surface area (Å²) in [6.45, 7) is 0. The van der Waals surface area contributed by atoms with Gasteiger partial charge in [-0.15, -0.1) is 0 Å². The van der Waals surface area contributed by atoms with E-state index in [1.807, 2.05) is 30.0 Å². The van der Waals surface area contributed by atoms with Gasteiger partial charge in [0, 0.05) is 33.7 Å². The molecule has 2 nitrogen and oxygen atoms in total. The largest absolute Gasteiger partial charge is 0.346 e. The molecule has 1 aliphatic rings. The Morgan fingerprint density at radius 2 is 2.17 bits per heavy atom. The van der Waals surface area contributed by atoms with E-state index in [0.29, 0.717) is 0 Å². The molecule has 2 heterocycles. The number of benzene rings is 1. The van der Waals surface area contributed by atoms with Gasteiger partial charge in [-0.05, 0) is 11.6 Å². The molecule has 0 radical (unpaired) electrons. The lowest BCUT2D eigenvalue weighted by atomic mass is 10.1. The van der Waals surface area contributed by atoms with Gasteiger partial charge in [-0.1, -0.05) is 46.3 Å². The fourth-order valence-corrected chi connectivity index (χ4v) is 3.92. The Labute approximate surface area is 123 Å². The second-order valence-corrected chi connectivity index (χ2v) is 6.43. The van der Waals surface area contributed by atoms with E-state index >= 15 is 0 Å². The van der Waals surface area contributed by atoms with Crippen molar-refractivity contribution < 1.29 is 0 Å². The van der Waals surface area contributed by atoms with Crippen LogP contribution in [0.3, 0.4) is 0 Å². The molecule has 0 bridgehead atoms. The van der Waals surface area contributed by atoms with Gasteiger partial charge in [0.2, 0.25) is 0 Å². The van der Waals surface area contributed by atoms with E-state index < -0.39 is 0 Å². The summed E-state index contributed by atoms with van der Waals surface area (Å²) < 4.78 is 1.87. The highest BCUT2D eigenvalue weighted by Gasteiger charge is 2.15. The molecule has 0 saturated heterocycles. The third-order valence-electron chi connectivity index (χ3n) is 2.96. The highest BCUT2D eigenvalue weighted by molar-refractivity contribution is 9.10. The number of rotatable bonds is 2. The molecule has 0 atom stereocenters. The van der Waals surface area contributed by atoms with Gasteiger partial charge >= 0.3 is 0 Å². The number of nitrogens with one attached hydrogen (secondary N) is 1. The van der Waals surface area contributed by atoms with E-state index in [0.717, 1.165) is 32.9 Å². The standard InChI is InChI=1S/C13H11BrN2S2/c14-10-4-2-1-3-8(10)5-12-15-11-7-18-6-9(11)13(17)16-12/h1-4H,5-7H2,(H,15,16,17). The van der Waals surface area contributed by atoms with E-state index in [2.05, 4.69) is 32.0 Å². The lowest BCUT2D eigenvalue weighted by Crippen LogP contribution is -2.02. The molecular weight excluding hydrogens is 328 g/mol. The van der Waals surface area contributed by atoms with Crippen molar-refractivity contribution in [2.45, 2.75) is 17.9 Å². The van der Waals surface area contributed by atoms with Gasteiger partial charge in [0.15, 0.2) is 0 Å². The van der Waals surface area contributed by atoms with E-state index in [9.17, 15) is 0 Å². The first-order valence-electron chi connectivity index (χ1n) is 5.66. The van der Waals surface area contributed by atoms with Crippen molar-refractivity contribution in [3.8, 4) is 0 Å². The van der Waals surface area contributed by atoms with Crippen LogP contribution in [-0.2, 0) is 17.9 Å². The van der Waals surface area contributed by atoms with E-state index in [-0.39, 0.29) is 0 Å². The molecular formula is C13H11BrN2S2. The topological polar surface area (TPSA) is 28.7 Å². The maximum atomic E-state index is 5.36. The maximum absolute atomic E-state index is 5.36. The molecule has 18 heavy (non-hydrogen) atoms. The van der Waals surface area contributed by atoms with Crippen LogP contribution >= 0.6 is 39.9 Å². The van der Waals surface area contributed by atoms with E-state index in [1.54, 1.807) is 0 Å². The summed E-state index contributed by atoms with van der Waals surface area (Å²) in [5.41, 5.74) is 3.69. The first kappa shape index (κ1) is 12.4. The Kier molecular flexibility index (Phi) is 3.54. The van der Waals surface area contributed by atoms with Crippen molar-refractivity contribution in [1.82, 2.24) is 9.97 Å². The Bertz CT molecular complexity index is 652. The van der Waals surface area contributed by atoms with E-state index in [1.165, 1.54) is 16.8 Å². The van der Waals surface area contributed by atoms with Crippen molar-refractivity contribution in [1.29, 1.82) is 0 Å². The van der Waals surface area contributed by atoms with Gasteiger partial charge < -0.3 is 4.98 Å². The Balaban J connectivity index is 1.97. The number of H-pyrrole nitrogens is 1. The Morgan fingerprint density at radius 3 is 3.00 bits per heavy atom. The summed E-state index contributed by atoms with van der Waals surface area (Å²) in [7, 11) is 0. The zero-order chi connectivity index (χ0) is 12.5. The number of nitrogens with zero attached hydrogens (tertiary/aromatic N) is 1. The summed E-state index contributed by atoms with van der Waals surface area (Å²) in [4.78, 5) is 7.93. The molecule has 2 aromatic rings. The number of hydrogen-bond donors (Lipinski definition) is 1. The molecule has 92 valence electrons. The van der Waals surface area contributed by atoms with Gasteiger partial charge in [0.05, 0.1) is 0 Å². The summed E-state index contributed by atoms with van der Waals surface area (Å²) in [6, 6.07) is 8.21. The molecule has 1 aliphatic heterocycles. The molecule has 1 aromatic carbocycles. The average molecular weight is 339 g/mol. The van der Waals surface area contributed by atoms with Gasteiger partial charge in [-0.2, -0.15) is 11.8 Å². The summed E-state index contributed by atoms with van der Waals surface area (Å²) in [5, 5.41) is 0. The Morgan fingerprint density at radius 1 is 1.33 bits per heavy atom. The first-order chi connectivity index (χ1) is 8.74. The molecule has 0 amide bonds. The minimum Gasteiger partial charge on any atom is -0.346 e. The predicted molar refractivity (Wildman–Crippen MR) is 81.4 cm³/mol. The fraction of sp³-hybridized carbons (Fsp3) is 0.231. The van der Waals surface area contributed by atoms with Crippen LogP contribution < -0.4 is 0 Å². The van der Waals surface area contributed by atoms with Crippen LogP contribution in [0, 0.1) is 4.64 Å². The van der Waals surface area contributed by atoms with Crippen LogP contribution in [0.2, 0.25) is 0 Å². The minimum absolute atomic E-state index is 0.760. The normalized spacial score (nSPS) is 13.6. The highest BCUT2D eigenvalue weighted by Crippen LogP contribution is 2.29. The van der Waals surface area contributed by atoms with Gasteiger partial charge in [0.25, 0.3) is 0 Å². The molecule has 1 N–H and O–H groups in total. The van der Waals surface area contributed by atoms with Crippen molar-refractivity contribution >= 4 is 39.9 Å². The zero-order valence-corrected chi connectivity index (χ0v) is 12.8. The lowest BCUT2D eigenvalue weighted by Gasteiger charge is -2.06. The number of halogens is 1. The second kappa shape index (κ2) is 5.15. The van der Waals surface area contributed by atoms with Crippen LogP contribution in [0.25, 0.3) is 0 Å². The van der Waals surface area contributed by atoms with Crippen molar-refractivity contribution in [2.24, 2.45) is 0 Å². The second-order valence-electron chi connectivity index (χ2n) is 4.21. The summed E-state index contributed by atoms with van der Waals surface area (Å²) in [6.07, 6.45) is 0.781. The van der Waals surface area contributed by atoms with E-state index in [4.69, 9.17) is 12.2 Å². The molecule has 3 rings (SSSR count). The molecule has 0 saturated carbocycles. The van der Waals surface area contributed by atoms with Crippen molar-refractivity contribution in [2.75, 3.05) is 0 Å². The van der Waals surface area contributed by atoms with Crippen molar-refractivity contribution in [3.63, 3.8) is 0 Å². The zero-order valence-electron chi connectivity index (χ0n) is 9.57. The maximum Gasteiger partial charge on any atom is 0.134 e. The van der Waals surface area contributed by atoms with Crippen LogP contribution in [0.4, 0.5) is 0 Å². The number of fused-ring (bicyclic) bond motifs is 1. The monoisotopic (exact) mass is 338 g/mol. The van der Waals surface area contributed by atoms with Crippen LogP contribution in [-0.4, -0.2) is 9.97 Å². The fourth-order valence-electron chi connectivity index (χ4n) is 2.03. The molecule has 1 aromatic heterocycles. The molecule has 0 aliphatic carbocycles. The van der Waals surface area contributed by atoms with Crippen molar-refractivity contribution in [3.05, 3.63) is 56.0 Å². The molecule has 0 unspecified atom stereocenters. The highest BCUT2D eigenvalue weighted by atomic mass is 79.9. The molecule has 5 heteroatoms. The average Bonchev–Trinajstić information content (AvgIpc) is 2.81. The third-order valence-corrected chi connectivity index (χ3v) is 5.06. The summed E-state index contributed by atoms with van der Waals surface area (Å²) >= 11 is 10.8. The van der Waals surface area contributed by atoms with Gasteiger partial charge in [-0.3, -0.25) is 0 Å². The van der Waals surface area contributed by atoms with Gasteiger partial charge in [-0.25, -0.2) is 4.98 Å². The molecule has 0 spiro atoms. The lowest BCUT2D eigenvalue weighted by molar-refractivity contribution is 0.916. The molecule has 0 fully saturated rings. The SMILES string of the molecule is S=c1nc(Cc2ccccc2Br)[nH]c2c1CSC2. The minimum atomic E-state index is 0.760. The quantitative estimate of drug-likeness (QED) is 0.830. The number of aromatic amines is 1. The Hall–Kier alpha value is -0.650. The summed E-state index contributed by atoms with van der Waals surface area (Å²) in [5.74, 6) is 2.96. The van der Waals surface area contributed by atoms with Crippen LogP contribution in [0.15, 0.2) is 28.7 Å². The predicted octanol–water partition coefficient (Wildman–Crippen LogP) is 4.24. The third kappa shape index (κ3) is 2.39. The number of aromatic nitrogens is 2. The van der Waals surface area contributed by atoms with Crippen LogP contribution in [0.1, 0.15) is 22.6 Å². The first-order valence-corrected chi connectivity index (χ1v) is 8.02. The van der Waals surface area contributed by atoms with Crippen LogP contribution in [0.5, 0.6) is 0 Å².